The lowest BCUT2D eigenvalue weighted by Crippen LogP contribution is -2.41. The van der Waals surface area contributed by atoms with E-state index < -0.39 is 0 Å². The van der Waals surface area contributed by atoms with Gasteiger partial charge in [0, 0.05) is 25.1 Å². The molecule has 1 saturated carbocycles. The van der Waals surface area contributed by atoms with E-state index in [1.807, 2.05) is 5.38 Å². The van der Waals surface area contributed by atoms with Crippen molar-refractivity contribution in [1.82, 2.24) is 4.98 Å². The predicted molar refractivity (Wildman–Crippen MR) is 59.0 cm³/mol. The van der Waals surface area contributed by atoms with Gasteiger partial charge < -0.3 is 4.74 Å². The summed E-state index contributed by atoms with van der Waals surface area (Å²) in [6.07, 6.45) is 5.97. The molecule has 0 radical (unpaired) electrons. The number of rotatable bonds is 5. The Labute approximate surface area is 93.5 Å². The summed E-state index contributed by atoms with van der Waals surface area (Å²) in [6.45, 7) is 0. The fraction of sp³-hybridized carbons (Fsp3) is 0.636. The normalized spacial score (nSPS) is 18.5. The van der Waals surface area contributed by atoms with Gasteiger partial charge in [0.15, 0.2) is 0 Å². The summed E-state index contributed by atoms with van der Waals surface area (Å²) in [7, 11) is 1.70. The molecule has 0 N–H and O–H groups in total. The van der Waals surface area contributed by atoms with E-state index in [2.05, 4.69) is 4.98 Å². The molecule has 0 bridgehead atoms. The second-order valence-electron chi connectivity index (χ2n) is 4.06. The third kappa shape index (κ3) is 2.44. The summed E-state index contributed by atoms with van der Waals surface area (Å²) in [4.78, 5) is 15.9. The maximum atomic E-state index is 11.8. The van der Waals surface area contributed by atoms with Gasteiger partial charge in [0.1, 0.15) is 5.78 Å². The third-order valence-electron chi connectivity index (χ3n) is 3.05. The molecule has 0 spiro atoms. The highest BCUT2D eigenvalue weighted by atomic mass is 32.1. The number of Topliss-reactive ketones (excluding diaryl/α,β-unsaturated/α-hetero) is 1. The van der Waals surface area contributed by atoms with Crippen LogP contribution in [0.15, 0.2) is 11.6 Å². The van der Waals surface area contributed by atoms with Crippen LogP contribution in [-0.2, 0) is 16.0 Å². The first-order chi connectivity index (χ1) is 7.24. The summed E-state index contributed by atoms with van der Waals surface area (Å²) in [5.74, 6) is 0.242. The lowest BCUT2D eigenvalue weighted by molar-refractivity contribution is -0.131. The van der Waals surface area contributed by atoms with Gasteiger partial charge in [-0.2, -0.15) is 0 Å². The minimum absolute atomic E-state index is 0.145. The minimum atomic E-state index is -0.145. The molecule has 4 heteroatoms. The largest absolute Gasteiger partial charge is 0.378 e. The predicted octanol–water partition coefficient (Wildman–Crippen LogP) is 2.21. The number of hydrogen-bond acceptors (Lipinski definition) is 4. The van der Waals surface area contributed by atoms with Crippen molar-refractivity contribution >= 4 is 17.1 Å². The molecule has 0 aromatic carbocycles. The SMILES string of the molecule is COC1(CC(=O)Cc2nccs2)CCC1. The molecule has 2 rings (SSSR count). The average molecular weight is 225 g/mol. The minimum Gasteiger partial charge on any atom is -0.378 e. The molecule has 15 heavy (non-hydrogen) atoms. The fourth-order valence-electron chi connectivity index (χ4n) is 1.95. The lowest BCUT2D eigenvalue weighted by atomic mass is 9.76. The zero-order valence-corrected chi connectivity index (χ0v) is 9.68. The number of ketones is 1. The summed E-state index contributed by atoms with van der Waals surface area (Å²) in [5, 5.41) is 2.81. The first kappa shape index (κ1) is 10.8. The molecule has 0 unspecified atom stereocenters. The average Bonchev–Trinajstić information content (AvgIpc) is 2.64. The highest BCUT2D eigenvalue weighted by Gasteiger charge is 2.38. The smallest absolute Gasteiger partial charge is 0.142 e. The summed E-state index contributed by atoms with van der Waals surface area (Å²) in [6, 6.07) is 0. The van der Waals surface area contributed by atoms with Crippen LogP contribution in [0.25, 0.3) is 0 Å². The van der Waals surface area contributed by atoms with Gasteiger partial charge in [0.25, 0.3) is 0 Å². The number of aromatic nitrogens is 1. The van der Waals surface area contributed by atoms with E-state index in [1.54, 1.807) is 13.3 Å². The maximum absolute atomic E-state index is 11.8. The van der Waals surface area contributed by atoms with E-state index in [-0.39, 0.29) is 11.4 Å². The van der Waals surface area contributed by atoms with Crippen molar-refractivity contribution in [3.8, 4) is 0 Å². The van der Waals surface area contributed by atoms with E-state index in [4.69, 9.17) is 4.74 Å². The van der Waals surface area contributed by atoms with E-state index in [1.165, 1.54) is 17.8 Å². The van der Waals surface area contributed by atoms with Crippen molar-refractivity contribution in [1.29, 1.82) is 0 Å². The molecular formula is C11H15NO2S. The van der Waals surface area contributed by atoms with Crippen LogP contribution < -0.4 is 0 Å². The molecule has 1 aliphatic rings. The van der Waals surface area contributed by atoms with Crippen molar-refractivity contribution < 1.29 is 9.53 Å². The standard InChI is InChI=1S/C11H15NO2S/c1-14-11(3-2-4-11)8-9(13)7-10-12-5-6-15-10/h5-6H,2-4,7-8H2,1H3. The summed E-state index contributed by atoms with van der Waals surface area (Å²) >= 11 is 1.54. The van der Waals surface area contributed by atoms with Crippen LogP contribution in [0.5, 0.6) is 0 Å². The van der Waals surface area contributed by atoms with Gasteiger partial charge in [-0.05, 0) is 19.3 Å². The number of methoxy groups -OCH3 is 1. The molecule has 1 heterocycles. The summed E-state index contributed by atoms with van der Waals surface area (Å²) < 4.78 is 5.43. The molecule has 1 fully saturated rings. The van der Waals surface area contributed by atoms with Crippen molar-refractivity contribution in [2.24, 2.45) is 0 Å². The number of ether oxygens (including phenoxy) is 1. The van der Waals surface area contributed by atoms with Crippen molar-refractivity contribution in [3.05, 3.63) is 16.6 Å². The van der Waals surface area contributed by atoms with Gasteiger partial charge in [-0.25, -0.2) is 4.98 Å². The quantitative estimate of drug-likeness (QED) is 0.771. The first-order valence-corrected chi connectivity index (χ1v) is 6.07. The van der Waals surface area contributed by atoms with E-state index in [9.17, 15) is 4.79 Å². The molecule has 1 aliphatic carbocycles. The monoisotopic (exact) mass is 225 g/mol. The van der Waals surface area contributed by atoms with Crippen LogP contribution in [0.4, 0.5) is 0 Å². The molecule has 0 amide bonds. The van der Waals surface area contributed by atoms with E-state index >= 15 is 0 Å². The van der Waals surface area contributed by atoms with E-state index in [0.717, 1.165) is 17.8 Å². The molecule has 1 aromatic rings. The Morgan fingerprint density at radius 2 is 2.47 bits per heavy atom. The molecule has 0 atom stereocenters. The first-order valence-electron chi connectivity index (χ1n) is 5.19. The second-order valence-corrected chi connectivity index (χ2v) is 5.04. The van der Waals surface area contributed by atoms with Crippen molar-refractivity contribution in [2.45, 2.75) is 37.7 Å². The Balaban J connectivity index is 1.87. The Morgan fingerprint density at radius 1 is 1.67 bits per heavy atom. The number of carbonyl (C=O) groups excluding carboxylic acids is 1. The van der Waals surface area contributed by atoms with Gasteiger partial charge in [-0.15, -0.1) is 11.3 Å². The zero-order chi connectivity index (χ0) is 10.7. The third-order valence-corrected chi connectivity index (χ3v) is 3.83. The Bertz CT molecular complexity index is 325. The van der Waals surface area contributed by atoms with Gasteiger partial charge in [0.2, 0.25) is 0 Å². The molecule has 0 saturated heterocycles. The Kier molecular flexibility index (Phi) is 3.17. The number of hydrogen-bond donors (Lipinski definition) is 0. The van der Waals surface area contributed by atoms with Crippen molar-refractivity contribution in [2.75, 3.05) is 7.11 Å². The van der Waals surface area contributed by atoms with Gasteiger partial charge in [-0.1, -0.05) is 0 Å². The highest BCUT2D eigenvalue weighted by Crippen LogP contribution is 2.38. The van der Waals surface area contributed by atoms with Crippen molar-refractivity contribution in [3.63, 3.8) is 0 Å². The maximum Gasteiger partial charge on any atom is 0.142 e. The Morgan fingerprint density at radius 3 is 2.93 bits per heavy atom. The van der Waals surface area contributed by atoms with Crippen LogP contribution in [0.1, 0.15) is 30.7 Å². The van der Waals surface area contributed by atoms with Crippen LogP contribution in [0, 0.1) is 0 Å². The highest BCUT2D eigenvalue weighted by molar-refractivity contribution is 7.09. The molecular weight excluding hydrogens is 210 g/mol. The number of carbonyl (C=O) groups is 1. The topological polar surface area (TPSA) is 39.2 Å². The summed E-state index contributed by atoms with van der Waals surface area (Å²) in [5.41, 5.74) is -0.145. The lowest BCUT2D eigenvalue weighted by Gasteiger charge is -2.40. The Hall–Kier alpha value is -0.740. The zero-order valence-electron chi connectivity index (χ0n) is 8.86. The molecule has 3 nitrogen and oxygen atoms in total. The van der Waals surface area contributed by atoms with E-state index in [0.29, 0.717) is 12.8 Å². The number of nitrogens with zero attached hydrogens (tertiary/aromatic N) is 1. The van der Waals surface area contributed by atoms with Gasteiger partial charge in [0.05, 0.1) is 17.0 Å². The molecule has 82 valence electrons. The molecule has 1 aromatic heterocycles. The van der Waals surface area contributed by atoms with Crippen LogP contribution in [0.3, 0.4) is 0 Å². The second kappa shape index (κ2) is 4.41. The van der Waals surface area contributed by atoms with Gasteiger partial charge >= 0.3 is 0 Å². The van der Waals surface area contributed by atoms with Crippen LogP contribution >= 0.6 is 11.3 Å². The number of thiazole rings is 1. The van der Waals surface area contributed by atoms with Crippen LogP contribution in [-0.4, -0.2) is 23.5 Å². The van der Waals surface area contributed by atoms with Crippen LogP contribution in [0.2, 0.25) is 0 Å². The fourth-order valence-corrected chi connectivity index (χ4v) is 2.60. The molecule has 0 aliphatic heterocycles. The van der Waals surface area contributed by atoms with Gasteiger partial charge in [-0.3, -0.25) is 4.79 Å².